The molecule has 0 N–H and O–H groups in total. The van der Waals surface area contributed by atoms with Gasteiger partial charge in [0.2, 0.25) is 6.10 Å². The van der Waals surface area contributed by atoms with Gasteiger partial charge in [0.1, 0.15) is 11.6 Å². The zero-order valence-electron chi connectivity index (χ0n) is 20.6. The number of rotatable bonds is 5. The van der Waals surface area contributed by atoms with E-state index in [2.05, 4.69) is 0 Å². The van der Waals surface area contributed by atoms with Crippen LogP contribution in [-0.4, -0.2) is 47.7 Å². The summed E-state index contributed by atoms with van der Waals surface area (Å²) < 4.78 is 16.7. The Morgan fingerprint density at radius 1 is 1.00 bits per heavy atom. The molecule has 0 bridgehead atoms. The van der Waals surface area contributed by atoms with Crippen LogP contribution in [0.5, 0.6) is 0 Å². The van der Waals surface area contributed by atoms with E-state index in [9.17, 15) is 14.4 Å². The summed E-state index contributed by atoms with van der Waals surface area (Å²) in [6.07, 6.45) is -0.774. The van der Waals surface area contributed by atoms with Gasteiger partial charge in [0, 0.05) is 12.1 Å². The molecule has 7 heteroatoms. The summed E-state index contributed by atoms with van der Waals surface area (Å²) >= 11 is 0. The Morgan fingerprint density at radius 2 is 1.60 bits per heavy atom. The zero-order chi connectivity index (χ0) is 25.2. The minimum atomic E-state index is -1.28. The van der Waals surface area contributed by atoms with Crippen LogP contribution in [0.1, 0.15) is 52.2 Å². The van der Waals surface area contributed by atoms with Crippen LogP contribution in [0.3, 0.4) is 0 Å². The highest BCUT2D eigenvalue weighted by Crippen LogP contribution is 2.36. The van der Waals surface area contributed by atoms with E-state index in [0.717, 1.165) is 21.5 Å². The van der Waals surface area contributed by atoms with Crippen molar-refractivity contribution in [2.24, 2.45) is 0 Å². The highest BCUT2D eigenvalue weighted by Gasteiger charge is 2.40. The number of fused-ring (bicyclic) bond motifs is 2. The van der Waals surface area contributed by atoms with Crippen molar-refractivity contribution in [2.75, 3.05) is 13.2 Å². The van der Waals surface area contributed by atoms with Crippen LogP contribution in [-0.2, 0) is 23.8 Å². The topological polar surface area (TPSA) is 82.1 Å². The number of amides is 1. The minimum absolute atomic E-state index is 0.142. The highest BCUT2D eigenvalue weighted by molar-refractivity contribution is 6.05. The first-order chi connectivity index (χ1) is 16.7. The molecule has 0 saturated carbocycles. The van der Waals surface area contributed by atoms with Crippen LogP contribution in [0.15, 0.2) is 54.6 Å². The maximum Gasteiger partial charge on any atom is 0.411 e. The summed E-state index contributed by atoms with van der Waals surface area (Å²) in [7, 11) is 0. The molecule has 2 atom stereocenters. The summed E-state index contributed by atoms with van der Waals surface area (Å²) in [4.78, 5) is 40.7. The second kappa shape index (κ2) is 9.94. The fourth-order valence-electron chi connectivity index (χ4n) is 4.52. The van der Waals surface area contributed by atoms with Crippen molar-refractivity contribution >= 4 is 39.6 Å². The molecule has 0 unspecified atom stereocenters. The summed E-state index contributed by atoms with van der Waals surface area (Å²) in [6.45, 7) is 7.56. The van der Waals surface area contributed by atoms with E-state index in [1.54, 1.807) is 27.7 Å². The second-order valence-corrected chi connectivity index (χ2v) is 9.63. The number of nitrogens with zero attached hydrogens (tertiary/aromatic N) is 1. The molecule has 35 heavy (non-hydrogen) atoms. The lowest BCUT2D eigenvalue weighted by molar-refractivity contribution is -0.170. The van der Waals surface area contributed by atoms with Gasteiger partial charge in [-0.3, -0.25) is 4.90 Å². The first kappa shape index (κ1) is 24.5. The molecule has 0 spiro atoms. The molecule has 1 aliphatic heterocycles. The molecular formula is C28H31NO6. The average molecular weight is 478 g/mol. The molecule has 3 aromatic carbocycles. The Hall–Kier alpha value is -3.61. The Balaban J connectivity index is 1.74. The zero-order valence-corrected chi connectivity index (χ0v) is 20.6. The van der Waals surface area contributed by atoms with Gasteiger partial charge in [-0.15, -0.1) is 0 Å². The van der Waals surface area contributed by atoms with E-state index in [0.29, 0.717) is 24.9 Å². The molecular weight excluding hydrogens is 446 g/mol. The van der Waals surface area contributed by atoms with Crippen molar-refractivity contribution in [2.45, 2.75) is 58.3 Å². The molecule has 1 amide bonds. The van der Waals surface area contributed by atoms with E-state index >= 15 is 0 Å². The first-order valence-corrected chi connectivity index (χ1v) is 12.0. The normalized spacial score (nSPS) is 16.8. The van der Waals surface area contributed by atoms with Gasteiger partial charge in [0.15, 0.2) is 0 Å². The monoisotopic (exact) mass is 477 g/mol. The lowest BCUT2D eigenvalue weighted by Gasteiger charge is -2.28. The SMILES string of the molecule is CCOC(=O)[C@@H](OC(=O)[C@@H]1CCCN1C(=O)OC(C)(C)C)c1c2ccccc2cc2ccccc12. The van der Waals surface area contributed by atoms with Crippen molar-refractivity contribution in [3.63, 3.8) is 0 Å². The molecule has 1 fully saturated rings. The van der Waals surface area contributed by atoms with E-state index < -0.39 is 35.8 Å². The van der Waals surface area contributed by atoms with Gasteiger partial charge in [-0.1, -0.05) is 48.5 Å². The largest absolute Gasteiger partial charge is 0.463 e. The number of benzene rings is 3. The van der Waals surface area contributed by atoms with E-state index in [4.69, 9.17) is 14.2 Å². The molecule has 1 heterocycles. The fourth-order valence-corrected chi connectivity index (χ4v) is 4.52. The summed E-state index contributed by atoms with van der Waals surface area (Å²) in [5, 5.41) is 3.44. The number of ether oxygens (including phenoxy) is 3. The van der Waals surface area contributed by atoms with Crippen molar-refractivity contribution in [3.05, 3.63) is 60.2 Å². The standard InChI is InChI=1S/C28H31NO6/c1-5-33-26(31)24(34-25(30)22-15-10-16-29(22)27(32)35-28(2,3)4)23-20-13-8-6-11-18(20)17-19-12-7-9-14-21(19)23/h6-9,11-14,17,22,24H,5,10,15-16H2,1-4H3/t22-,24-/m0/s1. The molecule has 0 radical (unpaired) electrons. The number of esters is 2. The molecule has 1 aliphatic rings. The fraction of sp³-hybridized carbons (Fsp3) is 0.393. The minimum Gasteiger partial charge on any atom is -0.463 e. The maximum atomic E-state index is 13.4. The van der Waals surface area contributed by atoms with Crippen LogP contribution < -0.4 is 0 Å². The van der Waals surface area contributed by atoms with Crippen molar-refractivity contribution in [1.29, 1.82) is 0 Å². The third-order valence-electron chi connectivity index (χ3n) is 5.96. The summed E-state index contributed by atoms with van der Waals surface area (Å²) in [5.74, 6) is -1.30. The molecule has 7 nitrogen and oxygen atoms in total. The van der Waals surface area contributed by atoms with Gasteiger partial charge in [0.05, 0.1) is 6.61 Å². The van der Waals surface area contributed by atoms with Gasteiger partial charge in [-0.25, -0.2) is 14.4 Å². The Morgan fingerprint density at radius 3 is 2.17 bits per heavy atom. The van der Waals surface area contributed by atoms with E-state index in [-0.39, 0.29) is 6.61 Å². The summed E-state index contributed by atoms with van der Waals surface area (Å²) in [5.41, 5.74) is -0.115. The van der Waals surface area contributed by atoms with Crippen molar-refractivity contribution in [1.82, 2.24) is 4.90 Å². The number of carbonyl (C=O) groups excluding carboxylic acids is 3. The lowest BCUT2D eigenvalue weighted by Crippen LogP contribution is -2.44. The Labute approximate surface area is 204 Å². The first-order valence-electron chi connectivity index (χ1n) is 12.0. The van der Waals surface area contributed by atoms with Gasteiger partial charge in [-0.05, 0) is 68.1 Å². The summed E-state index contributed by atoms with van der Waals surface area (Å²) in [6, 6.07) is 16.5. The molecule has 1 saturated heterocycles. The third-order valence-corrected chi connectivity index (χ3v) is 5.96. The van der Waals surface area contributed by atoms with Gasteiger partial charge < -0.3 is 14.2 Å². The average Bonchev–Trinajstić information content (AvgIpc) is 3.31. The second-order valence-electron chi connectivity index (χ2n) is 9.63. The predicted octanol–water partition coefficient (Wildman–Crippen LogP) is 5.54. The number of likely N-dealkylation sites (tertiary alicyclic amines) is 1. The van der Waals surface area contributed by atoms with Gasteiger partial charge in [0.25, 0.3) is 0 Å². The molecule has 4 rings (SSSR count). The number of hydrogen-bond donors (Lipinski definition) is 0. The number of carbonyl (C=O) groups is 3. The Kier molecular flexibility index (Phi) is 6.96. The third kappa shape index (κ3) is 5.24. The number of hydrogen-bond acceptors (Lipinski definition) is 6. The lowest BCUT2D eigenvalue weighted by atomic mass is 9.93. The van der Waals surface area contributed by atoms with Crippen LogP contribution in [0.4, 0.5) is 4.79 Å². The highest BCUT2D eigenvalue weighted by atomic mass is 16.6. The Bertz CT molecular complexity index is 1210. The predicted molar refractivity (Wildman–Crippen MR) is 133 cm³/mol. The maximum absolute atomic E-state index is 13.4. The molecule has 3 aromatic rings. The smallest absolute Gasteiger partial charge is 0.411 e. The van der Waals surface area contributed by atoms with Crippen molar-refractivity contribution < 1.29 is 28.6 Å². The van der Waals surface area contributed by atoms with Crippen LogP contribution in [0.25, 0.3) is 21.5 Å². The van der Waals surface area contributed by atoms with E-state index in [1.165, 1.54) is 4.90 Å². The molecule has 0 aliphatic carbocycles. The molecule has 184 valence electrons. The van der Waals surface area contributed by atoms with E-state index in [1.807, 2.05) is 54.6 Å². The van der Waals surface area contributed by atoms with Crippen LogP contribution >= 0.6 is 0 Å². The quantitative estimate of drug-likeness (QED) is 0.273. The van der Waals surface area contributed by atoms with Gasteiger partial charge in [-0.2, -0.15) is 0 Å². The van der Waals surface area contributed by atoms with Crippen LogP contribution in [0, 0.1) is 0 Å². The van der Waals surface area contributed by atoms with Crippen molar-refractivity contribution in [3.8, 4) is 0 Å². The molecule has 0 aromatic heterocycles. The van der Waals surface area contributed by atoms with Crippen LogP contribution in [0.2, 0.25) is 0 Å². The van der Waals surface area contributed by atoms with Gasteiger partial charge >= 0.3 is 18.0 Å².